The summed E-state index contributed by atoms with van der Waals surface area (Å²) in [5.41, 5.74) is 8.48. The van der Waals surface area contributed by atoms with E-state index in [0.717, 1.165) is 5.56 Å². The first-order chi connectivity index (χ1) is 17.3. The molecule has 184 valence electrons. The molecule has 1 aliphatic rings. The Bertz CT molecular complexity index is 1630. The minimum atomic E-state index is -1.09. The molecule has 11 nitrogen and oxygen atoms in total. The molecule has 4 heterocycles. The fraction of sp³-hybridized carbons (Fsp3) is 0.280. The second kappa shape index (κ2) is 9.00. The number of amides is 1. The maximum absolute atomic E-state index is 13.1. The van der Waals surface area contributed by atoms with E-state index >= 15 is 0 Å². The largest absolute Gasteiger partial charge is 0.398 e. The van der Waals surface area contributed by atoms with Gasteiger partial charge in [-0.2, -0.15) is 0 Å². The van der Waals surface area contributed by atoms with E-state index in [4.69, 9.17) is 16.1 Å². The van der Waals surface area contributed by atoms with E-state index in [-0.39, 0.29) is 17.3 Å². The number of likely N-dealkylation sites (tertiary alicyclic amines) is 1. The summed E-state index contributed by atoms with van der Waals surface area (Å²) >= 11 is 0. The van der Waals surface area contributed by atoms with Crippen LogP contribution in [0.5, 0.6) is 0 Å². The number of fused-ring (bicyclic) bond motifs is 3. The highest BCUT2D eigenvalue weighted by molar-refractivity contribution is 6.01. The fourth-order valence-electron chi connectivity index (χ4n) is 4.77. The molecule has 1 saturated heterocycles. The smallest absolute Gasteiger partial charge is 0.329 e. The minimum Gasteiger partial charge on any atom is -0.398 e. The van der Waals surface area contributed by atoms with Crippen molar-refractivity contribution in [3.63, 3.8) is 0 Å². The van der Waals surface area contributed by atoms with Crippen LogP contribution in [-0.4, -0.2) is 60.8 Å². The SMILES string of the molecule is C[C@H](O)C(=O)N1CCC(n2c(=O)[nH]c(=O)c3cnc4ccc(-c5ccc(N)c(C=N)c5)nc4c32)CC1. The Morgan fingerprint density at radius 3 is 2.69 bits per heavy atom. The molecule has 5 rings (SSSR count). The highest BCUT2D eigenvalue weighted by atomic mass is 16.3. The molecule has 1 fully saturated rings. The van der Waals surface area contributed by atoms with Gasteiger partial charge in [0.1, 0.15) is 11.6 Å². The van der Waals surface area contributed by atoms with E-state index in [9.17, 15) is 19.5 Å². The molecule has 36 heavy (non-hydrogen) atoms. The van der Waals surface area contributed by atoms with Gasteiger partial charge in [0.15, 0.2) is 0 Å². The van der Waals surface area contributed by atoms with E-state index < -0.39 is 17.4 Å². The number of aliphatic hydroxyl groups excluding tert-OH is 1. The van der Waals surface area contributed by atoms with Crippen molar-refractivity contribution in [2.24, 2.45) is 0 Å². The van der Waals surface area contributed by atoms with Gasteiger partial charge < -0.3 is 21.1 Å². The molecule has 0 radical (unpaired) electrons. The van der Waals surface area contributed by atoms with Crippen LogP contribution in [0.1, 0.15) is 31.4 Å². The predicted octanol–water partition coefficient (Wildman–Crippen LogP) is 1.42. The molecule has 0 spiro atoms. The van der Waals surface area contributed by atoms with Gasteiger partial charge in [0, 0.05) is 48.4 Å². The number of piperidine rings is 1. The number of benzene rings is 1. The Labute approximate surface area is 204 Å². The molecule has 1 amide bonds. The van der Waals surface area contributed by atoms with E-state index in [1.807, 2.05) is 0 Å². The van der Waals surface area contributed by atoms with Gasteiger partial charge in [0.25, 0.3) is 11.5 Å². The summed E-state index contributed by atoms with van der Waals surface area (Å²) < 4.78 is 1.55. The van der Waals surface area contributed by atoms with Crippen LogP contribution in [0.3, 0.4) is 0 Å². The lowest BCUT2D eigenvalue weighted by Gasteiger charge is -2.34. The highest BCUT2D eigenvalue weighted by Crippen LogP contribution is 2.29. The number of carbonyl (C=O) groups is 1. The van der Waals surface area contributed by atoms with Crippen LogP contribution in [0.2, 0.25) is 0 Å². The molecular weight excluding hydrogens is 462 g/mol. The molecule has 1 atom stereocenters. The molecule has 1 aliphatic heterocycles. The van der Waals surface area contributed by atoms with E-state index in [2.05, 4.69) is 9.97 Å². The normalized spacial score (nSPS) is 15.3. The van der Waals surface area contributed by atoms with E-state index in [0.29, 0.717) is 59.4 Å². The van der Waals surface area contributed by atoms with Gasteiger partial charge in [-0.3, -0.25) is 24.1 Å². The van der Waals surface area contributed by atoms with Gasteiger partial charge in [-0.05, 0) is 44.0 Å². The molecule has 4 aromatic rings. The number of hydrogen-bond donors (Lipinski definition) is 4. The zero-order valence-corrected chi connectivity index (χ0v) is 19.6. The van der Waals surface area contributed by atoms with Crippen LogP contribution in [-0.2, 0) is 4.79 Å². The second-order valence-electron chi connectivity index (χ2n) is 8.93. The standard InChI is InChI=1S/C25H25N7O4/c1-13(33)24(35)31-8-6-16(7-9-31)32-22-17(23(34)30-25(32)36)12-28-20-5-4-19(29-21(20)22)14-2-3-18(27)15(10-14)11-26/h2-5,10-13,16,26,33H,6-9,27H2,1H3,(H,30,34,36)/t13-/m0/s1. The molecular formula is C25H25N7O4. The van der Waals surface area contributed by atoms with Crippen molar-refractivity contribution in [3.8, 4) is 11.3 Å². The Kier molecular flexibility index (Phi) is 5.84. The number of nitrogens with zero attached hydrogens (tertiary/aromatic N) is 4. The number of nitrogens with one attached hydrogen (secondary N) is 2. The molecule has 0 saturated carbocycles. The van der Waals surface area contributed by atoms with Crippen molar-refractivity contribution < 1.29 is 9.90 Å². The van der Waals surface area contributed by atoms with Crippen molar-refractivity contribution in [1.29, 1.82) is 5.41 Å². The number of carbonyl (C=O) groups excluding carboxylic acids is 1. The van der Waals surface area contributed by atoms with Crippen molar-refractivity contribution in [2.75, 3.05) is 18.8 Å². The van der Waals surface area contributed by atoms with Crippen molar-refractivity contribution in [3.05, 3.63) is 62.9 Å². The maximum atomic E-state index is 13.1. The zero-order chi connectivity index (χ0) is 25.6. The lowest BCUT2D eigenvalue weighted by Crippen LogP contribution is -2.45. The summed E-state index contributed by atoms with van der Waals surface area (Å²) in [6, 6.07) is 8.53. The number of hydrogen-bond acceptors (Lipinski definition) is 8. The highest BCUT2D eigenvalue weighted by Gasteiger charge is 2.28. The number of aliphatic hydroxyl groups is 1. The third-order valence-electron chi connectivity index (χ3n) is 6.65. The Morgan fingerprint density at radius 2 is 2.00 bits per heavy atom. The second-order valence-corrected chi connectivity index (χ2v) is 8.93. The monoisotopic (exact) mass is 487 g/mol. The Hall–Kier alpha value is -4.38. The third kappa shape index (κ3) is 3.93. The van der Waals surface area contributed by atoms with Crippen LogP contribution in [0.4, 0.5) is 5.69 Å². The summed E-state index contributed by atoms with van der Waals surface area (Å²) in [4.78, 5) is 51.2. The minimum absolute atomic E-state index is 0.242. The number of aromatic amines is 1. The van der Waals surface area contributed by atoms with Gasteiger partial charge in [-0.1, -0.05) is 6.07 Å². The van der Waals surface area contributed by atoms with Crippen molar-refractivity contribution >= 4 is 39.7 Å². The fourth-order valence-corrected chi connectivity index (χ4v) is 4.77. The van der Waals surface area contributed by atoms with Gasteiger partial charge in [0.2, 0.25) is 0 Å². The summed E-state index contributed by atoms with van der Waals surface area (Å²) in [6.07, 6.45) is 2.48. The molecule has 0 unspecified atom stereocenters. The molecule has 11 heteroatoms. The molecule has 3 aromatic heterocycles. The number of aromatic nitrogens is 4. The predicted molar refractivity (Wildman–Crippen MR) is 136 cm³/mol. The number of pyridine rings is 2. The van der Waals surface area contributed by atoms with Crippen LogP contribution in [0.15, 0.2) is 46.1 Å². The van der Waals surface area contributed by atoms with Gasteiger partial charge in [-0.25, -0.2) is 9.78 Å². The average Bonchev–Trinajstić information content (AvgIpc) is 2.88. The number of H-pyrrole nitrogens is 1. The van der Waals surface area contributed by atoms with E-state index in [1.54, 1.807) is 39.8 Å². The molecule has 0 aliphatic carbocycles. The number of nitrogen functional groups attached to an aromatic ring is 1. The van der Waals surface area contributed by atoms with Crippen LogP contribution >= 0.6 is 0 Å². The van der Waals surface area contributed by atoms with Gasteiger partial charge >= 0.3 is 5.69 Å². The maximum Gasteiger partial charge on any atom is 0.329 e. The summed E-state index contributed by atoms with van der Waals surface area (Å²) in [5, 5.41) is 17.5. The average molecular weight is 488 g/mol. The third-order valence-corrected chi connectivity index (χ3v) is 6.65. The van der Waals surface area contributed by atoms with Crippen molar-refractivity contribution in [1.82, 2.24) is 24.4 Å². The molecule has 5 N–H and O–H groups in total. The van der Waals surface area contributed by atoms with Crippen LogP contribution < -0.4 is 17.0 Å². The van der Waals surface area contributed by atoms with Crippen LogP contribution in [0.25, 0.3) is 33.2 Å². The van der Waals surface area contributed by atoms with E-state index in [1.165, 1.54) is 19.3 Å². The first-order valence-electron chi connectivity index (χ1n) is 11.6. The lowest BCUT2D eigenvalue weighted by atomic mass is 10.0. The first kappa shape index (κ1) is 23.4. The number of nitrogens with two attached hydrogens (primary N) is 1. The quantitative estimate of drug-likeness (QED) is 0.191. The zero-order valence-electron chi connectivity index (χ0n) is 19.6. The Balaban J connectivity index is 1.67. The summed E-state index contributed by atoms with van der Waals surface area (Å²) in [7, 11) is 0. The summed E-state index contributed by atoms with van der Waals surface area (Å²) in [6.45, 7) is 2.19. The Morgan fingerprint density at radius 1 is 1.25 bits per heavy atom. The molecule has 1 aromatic carbocycles. The first-order valence-corrected chi connectivity index (χ1v) is 11.6. The number of rotatable bonds is 4. The molecule has 0 bridgehead atoms. The lowest BCUT2D eigenvalue weighted by molar-refractivity contribution is -0.140. The van der Waals surface area contributed by atoms with Gasteiger partial charge in [0.05, 0.1) is 22.1 Å². The van der Waals surface area contributed by atoms with Crippen molar-refractivity contribution in [2.45, 2.75) is 31.9 Å². The van der Waals surface area contributed by atoms with Gasteiger partial charge in [-0.15, -0.1) is 0 Å². The number of anilines is 1. The summed E-state index contributed by atoms with van der Waals surface area (Å²) in [5.74, 6) is -0.346. The van der Waals surface area contributed by atoms with Crippen LogP contribution in [0, 0.1) is 5.41 Å². The topological polar surface area (TPSA) is 171 Å².